The molecular formula is C30H34N6O5. The Balaban J connectivity index is 0.995. The van der Waals surface area contributed by atoms with Gasteiger partial charge in [-0.25, -0.2) is 14.8 Å². The first-order valence-electron chi connectivity index (χ1n) is 14.1. The second kappa shape index (κ2) is 12.1. The van der Waals surface area contributed by atoms with Crippen LogP contribution in [-0.2, 0) is 16.1 Å². The summed E-state index contributed by atoms with van der Waals surface area (Å²) >= 11 is 0. The standard InChI is InChI=1S/C30H34N6O5/c1-19(23-8-4-13-32-23)40-28-9-3-7-24(33-28)21-6-2-5-20(15-21)16-31-14-12-22-17-36(30(38)41-22)26-11-10-25-29(34-26)35-27(37)18-39-25/h2-3,5-7,9-11,15,19,22-23,31-32H,4,8,12-14,16-18H2,1H3,(H,34,35,37)/t19-,22?,23?/m0/s1. The predicted molar refractivity (Wildman–Crippen MR) is 153 cm³/mol. The zero-order valence-electron chi connectivity index (χ0n) is 23.0. The maximum absolute atomic E-state index is 12.5. The van der Waals surface area contributed by atoms with Crippen molar-refractivity contribution in [1.82, 2.24) is 20.6 Å². The Labute approximate surface area is 238 Å². The maximum Gasteiger partial charge on any atom is 0.415 e. The van der Waals surface area contributed by atoms with Crippen LogP contribution in [0.5, 0.6) is 11.6 Å². The Bertz CT molecular complexity index is 1410. The molecular weight excluding hydrogens is 524 g/mol. The number of carbonyl (C=O) groups is 2. The minimum Gasteiger partial charge on any atom is -0.480 e. The second-order valence-corrected chi connectivity index (χ2v) is 10.5. The average molecular weight is 559 g/mol. The fourth-order valence-corrected chi connectivity index (χ4v) is 5.33. The number of rotatable bonds is 10. The van der Waals surface area contributed by atoms with E-state index in [9.17, 15) is 9.59 Å². The minimum absolute atomic E-state index is 0.0457. The average Bonchev–Trinajstić information content (AvgIpc) is 3.66. The lowest BCUT2D eigenvalue weighted by Gasteiger charge is -2.20. The molecule has 0 bridgehead atoms. The second-order valence-electron chi connectivity index (χ2n) is 10.5. The number of cyclic esters (lactones) is 1. The molecule has 0 spiro atoms. The van der Waals surface area contributed by atoms with Crippen molar-refractivity contribution in [3.8, 4) is 22.9 Å². The summed E-state index contributed by atoms with van der Waals surface area (Å²) in [6.07, 6.45) is 2.31. The first-order valence-corrected chi connectivity index (χ1v) is 14.1. The molecule has 6 rings (SSSR count). The Morgan fingerprint density at radius 3 is 2.93 bits per heavy atom. The number of amides is 2. The lowest BCUT2D eigenvalue weighted by Crippen LogP contribution is -2.36. The molecule has 2 fully saturated rings. The molecule has 3 atom stereocenters. The molecule has 11 heteroatoms. The van der Waals surface area contributed by atoms with Crippen molar-refractivity contribution in [3.63, 3.8) is 0 Å². The third kappa shape index (κ3) is 6.41. The molecule has 3 N–H and O–H groups in total. The van der Waals surface area contributed by atoms with Crippen LogP contribution in [0.1, 0.15) is 31.7 Å². The van der Waals surface area contributed by atoms with Crippen LogP contribution in [0.3, 0.4) is 0 Å². The number of hydrogen-bond acceptors (Lipinski definition) is 9. The first-order chi connectivity index (χ1) is 20.0. The Morgan fingerprint density at radius 1 is 1.15 bits per heavy atom. The van der Waals surface area contributed by atoms with Crippen LogP contribution in [0.2, 0.25) is 0 Å². The van der Waals surface area contributed by atoms with E-state index >= 15 is 0 Å². The number of fused-ring (bicyclic) bond motifs is 1. The summed E-state index contributed by atoms with van der Waals surface area (Å²) in [4.78, 5) is 34.7. The zero-order chi connectivity index (χ0) is 28.2. The molecule has 1 aromatic carbocycles. The van der Waals surface area contributed by atoms with Crippen molar-refractivity contribution in [2.24, 2.45) is 0 Å². The molecule has 11 nitrogen and oxygen atoms in total. The zero-order valence-corrected chi connectivity index (χ0v) is 23.0. The maximum atomic E-state index is 12.5. The van der Waals surface area contributed by atoms with Crippen LogP contribution in [-0.4, -0.2) is 66.5 Å². The third-order valence-electron chi connectivity index (χ3n) is 7.50. The SMILES string of the molecule is C[C@H](Oc1cccc(-c2cccc(CNCCC3CN(c4ccc5c(n4)NC(=O)CO5)C(=O)O3)c2)n1)C1CCCN1. The van der Waals surface area contributed by atoms with Gasteiger partial charge in [-0.2, -0.15) is 0 Å². The summed E-state index contributed by atoms with van der Waals surface area (Å²) in [5.41, 5.74) is 3.03. The highest BCUT2D eigenvalue weighted by atomic mass is 16.6. The normalized spacial score (nSPS) is 20.7. The van der Waals surface area contributed by atoms with E-state index < -0.39 is 6.09 Å². The molecule has 0 aliphatic carbocycles. The third-order valence-corrected chi connectivity index (χ3v) is 7.50. The van der Waals surface area contributed by atoms with Gasteiger partial charge in [0.2, 0.25) is 5.88 Å². The van der Waals surface area contributed by atoms with Crippen molar-refractivity contribution in [1.29, 1.82) is 0 Å². The topological polar surface area (TPSA) is 127 Å². The van der Waals surface area contributed by atoms with E-state index in [0.717, 1.165) is 29.8 Å². The molecule has 2 aromatic heterocycles. The fourth-order valence-electron chi connectivity index (χ4n) is 5.33. The molecule has 3 aromatic rings. The number of nitrogens with zero attached hydrogens (tertiary/aromatic N) is 3. The first kappa shape index (κ1) is 27.0. The van der Waals surface area contributed by atoms with Crippen molar-refractivity contribution < 1.29 is 23.8 Å². The van der Waals surface area contributed by atoms with Crippen molar-refractivity contribution in [3.05, 3.63) is 60.2 Å². The number of anilines is 2. The van der Waals surface area contributed by atoms with Crippen LogP contribution >= 0.6 is 0 Å². The van der Waals surface area contributed by atoms with E-state index in [4.69, 9.17) is 19.2 Å². The summed E-state index contributed by atoms with van der Waals surface area (Å²) in [6.45, 7) is 4.82. The predicted octanol–water partition coefficient (Wildman–Crippen LogP) is 3.50. The van der Waals surface area contributed by atoms with Gasteiger partial charge in [0.05, 0.1) is 12.2 Å². The lowest BCUT2D eigenvalue weighted by atomic mass is 10.1. The van der Waals surface area contributed by atoms with E-state index in [0.29, 0.717) is 55.4 Å². The van der Waals surface area contributed by atoms with Crippen molar-refractivity contribution >= 4 is 23.6 Å². The number of nitrogens with one attached hydrogen (secondary N) is 3. The summed E-state index contributed by atoms with van der Waals surface area (Å²) in [5, 5.41) is 9.60. The van der Waals surface area contributed by atoms with Gasteiger partial charge < -0.3 is 30.2 Å². The quantitative estimate of drug-likeness (QED) is 0.321. The van der Waals surface area contributed by atoms with Crippen LogP contribution < -0.4 is 30.3 Å². The molecule has 5 heterocycles. The highest BCUT2D eigenvalue weighted by molar-refractivity contribution is 5.95. The van der Waals surface area contributed by atoms with E-state index in [-0.39, 0.29) is 24.7 Å². The highest BCUT2D eigenvalue weighted by Crippen LogP contribution is 2.30. The van der Waals surface area contributed by atoms with Crippen LogP contribution in [0, 0.1) is 0 Å². The molecule has 3 aliphatic rings. The summed E-state index contributed by atoms with van der Waals surface area (Å²) < 4.78 is 17.0. The smallest absolute Gasteiger partial charge is 0.415 e. The van der Waals surface area contributed by atoms with E-state index in [1.165, 1.54) is 11.3 Å². The van der Waals surface area contributed by atoms with Gasteiger partial charge in [-0.05, 0) is 69.1 Å². The molecule has 0 radical (unpaired) electrons. The monoisotopic (exact) mass is 558 g/mol. The van der Waals surface area contributed by atoms with Crippen LogP contribution in [0.15, 0.2) is 54.6 Å². The summed E-state index contributed by atoms with van der Waals surface area (Å²) in [7, 11) is 0. The highest BCUT2D eigenvalue weighted by Gasteiger charge is 2.33. The van der Waals surface area contributed by atoms with Gasteiger partial charge in [-0.1, -0.05) is 24.3 Å². The van der Waals surface area contributed by atoms with Gasteiger partial charge in [0.25, 0.3) is 5.91 Å². The van der Waals surface area contributed by atoms with Gasteiger partial charge >= 0.3 is 6.09 Å². The van der Waals surface area contributed by atoms with Gasteiger partial charge in [0.15, 0.2) is 18.2 Å². The van der Waals surface area contributed by atoms with Gasteiger partial charge in [-0.15, -0.1) is 0 Å². The van der Waals surface area contributed by atoms with Gasteiger partial charge in [0.1, 0.15) is 18.0 Å². The number of benzene rings is 1. The van der Waals surface area contributed by atoms with Crippen molar-refractivity contribution in [2.45, 2.75) is 51.0 Å². The number of ether oxygens (including phenoxy) is 3. The van der Waals surface area contributed by atoms with Crippen molar-refractivity contribution in [2.75, 3.05) is 36.5 Å². The largest absolute Gasteiger partial charge is 0.480 e. The van der Waals surface area contributed by atoms with Gasteiger partial charge in [-0.3, -0.25) is 9.69 Å². The number of aromatic nitrogens is 2. The Kier molecular flexibility index (Phi) is 7.97. The molecule has 3 aliphatic heterocycles. The molecule has 2 saturated heterocycles. The molecule has 0 saturated carbocycles. The molecule has 2 unspecified atom stereocenters. The van der Waals surface area contributed by atoms with Crippen LogP contribution in [0.4, 0.5) is 16.4 Å². The minimum atomic E-state index is -0.453. The Hall–Kier alpha value is -4.22. The number of carbonyl (C=O) groups excluding carboxylic acids is 2. The summed E-state index contributed by atoms with van der Waals surface area (Å²) in [6, 6.07) is 17.9. The fraction of sp³-hybridized carbons (Fsp3) is 0.400. The molecule has 2 amide bonds. The number of hydrogen-bond donors (Lipinski definition) is 3. The van der Waals surface area contributed by atoms with Gasteiger partial charge in [0, 0.05) is 24.2 Å². The molecule has 214 valence electrons. The lowest BCUT2D eigenvalue weighted by molar-refractivity contribution is -0.118. The van der Waals surface area contributed by atoms with E-state index in [1.54, 1.807) is 12.1 Å². The van der Waals surface area contributed by atoms with E-state index in [1.807, 2.05) is 24.3 Å². The molecule has 41 heavy (non-hydrogen) atoms. The number of pyridine rings is 2. The summed E-state index contributed by atoms with van der Waals surface area (Å²) in [5.74, 6) is 1.57. The Morgan fingerprint density at radius 2 is 2.05 bits per heavy atom. The van der Waals surface area contributed by atoms with E-state index in [2.05, 4.69) is 46.1 Å². The van der Waals surface area contributed by atoms with Crippen LogP contribution in [0.25, 0.3) is 11.3 Å².